The monoisotopic (exact) mass is 383 g/mol. The average molecular weight is 383 g/mol. The fourth-order valence-corrected chi connectivity index (χ4v) is 3.18. The highest BCUT2D eigenvalue weighted by Crippen LogP contribution is 2.18. The van der Waals surface area contributed by atoms with Gasteiger partial charge in [0.1, 0.15) is 5.82 Å². The Labute approximate surface area is 164 Å². The Bertz CT molecular complexity index is 797. The summed E-state index contributed by atoms with van der Waals surface area (Å²) >= 11 is 0. The van der Waals surface area contributed by atoms with Gasteiger partial charge >= 0.3 is 6.03 Å². The number of carbonyl (C=O) groups is 2. The fraction of sp³-hybridized carbons (Fsp3) is 0.350. The molecule has 3 amide bonds. The lowest BCUT2D eigenvalue weighted by Crippen LogP contribution is -2.44. The Hall–Kier alpha value is -2.97. The summed E-state index contributed by atoms with van der Waals surface area (Å²) < 4.78 is 0. The van der Waals surface area contributed by atoms with Crippen molar-refractivity contribution in [1.82, 2.24) is 20.3 Å². The van der Waals surface area contributed by atoms with Crippen LogP contribution in [-0.4, -0.2) is 65.2 Å². The second-order valence-electron chi connectivity index (χ2n) is 6.84. The third kappa shape index (κ3) is 4.85. The topological polar surface area (TPSA) is 89.0 Å². The highest BCUT2D eigenvalue weighted by atomic mass is 16.5. The summed E-state index contributed by atoms with van der Waals surface area (Å²) in [7, 11) is 2.06. The van der Waals surface area contributed by atoms with Gasteiger partial charge in [-0.3, -0.25) is 14.9 Å². The Morgan fingerprint density at radius 3 is 2.57 bits per heavy atom. The Morgan fingerprint density at radius 1 is 1.11 bits per heavy atom. The molecule has 0 spiro atoms. The third-order valence-corrected chi connectivity index (χ3v) is 4.81. The number of hydroxylamine groups is 1. The van der Waals surface area contributed by atoms with Crippen molar-refractivity contribution in [3.8, 4) is 0 Å². The summed E-state index contributed by atoms with van der Waals surface area (Å²) in [6.07, 6.45) is 2.60. The molecule has 28 heavy (non-hydrogen) atoms. The number of hydrogen-bond donors (Lipinski definition) is 2. The molecule has 8 nitrogen and oxygen atoms in total. The quantitative estimate of drug-likeness (QED) is 0.622. The van der Waals surface area contributed by atoms with Gasteiger partial charge < -0.3 is 9.80 Å². The first-order valence-electron chi connectivity index (χ1n) is 9.28. The van der Waals surface area contributed by atoms with E-state index < -0.39 is 5.91 Å². The minimum Gasteiger partial charge on any atom is -0.323 e. The number of nitrogens with zero attached hydrogens (tertiary/aromatic N) is 4. The molecule has 1 aromatic carbocycles. The molecule has 1 aromatic heterocycles. The van der Waals surface area contributed by atoms with Crippen molar-refractivity contribution in [2.75, 3.05) is 38.1 Å². The number of nitrogens with one attached hydrogen (secondary N) is 1. The SMILES string of the molecule is CN1CCCN(C(=O)N(Cc2ccc(C(=O)NO)cc2)c2ccccn2)CC1. The van der Waals surface area contributed by atoms with E-state index in [9.17, 15) is 9.59 Å². The molecule has 1 aliphatic heterocycles. The van der Waals surface area contributed by atoms with Gasteiger partial charge in [0.15, 0.2) is 0 Å². The van der Waals surface area contributed by atoms with Gasteiger partial charge in [0.25, 0.3) is 5.91 Å². The van der Waals surface area contributed by atoms with Crippen molar-refractivity contribution in [3.05, 3.63) is 59.8 Å². The number of benzene rings is 1. The fourth-order valence-electron chi connectivity index (χ4n) is 3.18. The molecule has 0 aliphatic carbocycles. The van der Waals surface area contributed by atoms with Crippen LogP contribution in [0, 0.1) is 0 Å². The number of carbonyl (C=O) groups excluding carboxylic acids is 2. The van der Waals surface area contributed by atoms with E-state index >= 15 is 0 Å². The predicted octanol–water partition coefficient (Wildman–Crippen LogP) is 1.96. The van der Waals surface area contributed by atoms with E-state index in [0.29, 0.717) is 31.0 Å². The number of hydrogen-bond acceptors (Lipinski definition) is 5. The molecule has 1 aliphatic rings. The Morgan fingerprint density at radius 2 is 1.89 bits per heavy atom. The first-order chi connectivity index (χ1) is 13.6. The number of aromatic nitrogens is 1. The molecular weight excluding hydrogens is 358 g/mol. The number of anilines is 1. The zero-order chi connectivity index (χ0) is 19.9. The van der Waals surface area contributed by atoms with E-state index in [1.54, 1.807) is 40.8 Å². The average Bonchev–Trinajstić information content (AvgIpc) is 2.96. The summed E-state index contributed by atoms with van der Waals surface area (Å²) in [5, 5.41) is 8.74. The van der Waals surface area contributed by atoms with Gasteiger partial charge in [-0.15, -0.1) is 0 Å². The third-order valence-electron chi connectivity index (χ3n) is 4.81. The van der Waals surface area contributed by atoms with Gasteiger partial charge in [0, 0.05) is 31.4 Å². The maximum Gasteiger partial charge on any atom is 0.326 e. The number of urea groups is 1. The molecule has 148 valence electrons. The highest BCUT2D eigenvalue weighted by Gasteiger charge is 2.25. The van der Waals surface area contributed by atoms with Crippen LogP contribution < -0.4 is 10.4 Å². The van der Waals surface area contributed by atoms with Crippen LogP contribution in [0.2, 0.25) is 0 Å². The Kier molecular flexibility index (Phi) is 6.57. The highest BCUT2D eigenvalue weighted by molar-refractivity contribution is 5.93. The van der Waals surface area contributed by atoms with Crippen molar-refractivity contribution in [2.24, 2.45) is 0 Å². The predicted molar refractivity (Wildman–Crippen MR) is 105 cm³/mol. The van der Waals surface area contributed by atoms with E-state index in [-0.39, 0.29) is 6.03 Å². The molecule has 3 rings (SSSR count). The summed E-state index contributed by atoms with van der Waals surface area (Å²) in [4.78, 5) is 34.9. The van der Waals surface area contributed by atoms with Gasteiger partial charge in [-0.2, -0.15) is 0 Å². The molecule has 2 heterocycles. The van der Waals surface area contributed by atoms with Crippen molar-refractivity contribution >= 4 is 17.8 Å². The van der Waals surface area contributed by atoms with E-state index in [1.807, 2.05) is 23.1 Å². The summed E-state index contributed by atoms with van der Waals surface area (Å²) in [5.74, 6) is 0.0141. The van der Waals surface area contributed by atoms with E-state index in [2.05, 4.69) is 16.9 Å². The van der Waals surface area contributed by atoms with E-state index in [1.165, 1.54) is 0 Å². The lowest BCUT2D eigenvalue weighted by molar-refractivity contribution is 0.0706. The minimum atomic E-state index is -0.571. The zero-order valence-corrected chi connectivity index (χ0v) is 15.9. The molecule has 1 saturated heterocycles. The molecule has 8 heteroatoms. The minimum absolute atomic E-state index is 0.0776. The van der Waals surface area contributed by atoms with Crippen molar-refractivity contribution in [1.29, 1.82) is 0 Å². The number of pyridine rings is 1. The van der Waals surface area contributed by atoms with Crippen molar-refractivity contribution in [3.63, 3.8) is 0 Å². The maximum absolute atomic E-state index is 13.3. The zero-order valence-electron chi connectivity index (χ0n) is 15.9. The van der Waals surface area contributed by atoms with E-state index in [4.69, 9.17) is 5.21 Å². The van der Waals surface area contributed by atoms with Crippen LogP contribution in [0.15, 0.2) is 48.7 Å². The molecule has 0 radical (unpaired) electrons. The van der Waals surface area contributed by atoms with Gasteiger partial charge in [-0.25, -0.2) is 15.3 Å². The molecule has 1 fully saturated rings. The molecule has 0 bridgehead atoms. The van der Waals surface area contributed by atoms with Crippen LogP contribution in [-0.2, 0) is 6.54 Å². The lowest BCUT2D eigenvalue weighted by Gasteiger charge is -2.29. The summed E-state index contributed by atoms with van der Waals surface area (Å²) in [6.45, 7) is 3.54. The van der Waals surface area contributed by atoms with Crippen LogP contribution in [0.25, 0.3) is 0 Å². The smallest absolute Gasteiger partial charge is 0.323 e. The normalized spacial score (nSPS) is 15.0. The van der Waals surface area contributed by atoms with Crippen LogP contribution in [0.3, 0.4) is 0 Å². The Balaban J connectivity index is 1.81. The lowest BCUT2D eigenvalue weighted by atomic mass is 10.1. The second kappa shape index (κ2) is 9.29. The van der Waals surface area contributed by atoms with Gasteiger partial charge in [-0.05, 0) is 49.8 Å². The molecule has 2 N–H and O–H groups in total. The van der Waals surface area contributed by atoms with Crippen LogP contribution >= 0.6 is 0 Å². The maximum atomic E-state index is 13.3. The van der Waals surface area contributed by atoms with Gasteiger partial charge in [0.2, 0.25) is 0 Å². The second-order valence-corrected chi connectivity index (χ2v) is 6.84. The first-order valence-corrected chi connectivity index (χ1v) is 9.28. The van der Waals surface area contributed by atoms with Crippen molar-refractivity contribution < 1.29 is 14.8 Å². The standard InChI is InChI=1S/C20H25N5O3/c1-23-11-4-12-24(14-13-23)20(27)25(18-5-2-3-10-21-18)15-16-6-8-17(9-7-16)19(26)22-28/h2-3,5-10,28H,4,11-15H2,1H3,(H,22,26). The molecular formula is C20H25N5O3. The molecule has 0 atom stereocenters. The largest absolute Gasteiger partial charge is 0.326 e. The van der Waals surface area contributed by atoms with Gasteiger partial charge in [0.05, 0.1) is 6.54 Å². The van der Waals surface area contributed by atoms with Crippen LogP contribution in [0.4, 0.5) is 10.6 Å². The number of rotatable bonds is 4. The molecule has 0 saturated carbocycles. The van der Waals surface area contributed by atoms with E-state index in [0.717, 1.165) is 25.1 Å². The number of likely N-dealkylation sites (N-methyl/N-ethyl adjacent to an activating group) is 1. The number of amides is 3. The summed E-state index contributed by atoms with van der Waals surface area (Å²) in [5.41, 5.74) is 2.82. The van der Waals surface area contributed by atoms with Crippen LogP contribution in [0.5, 0.6) is 0 Å². The molecule has 0 unspecified atom stereocenters. The summed E-state index contributed by atoms with van der Waals surface area (Å²) in [6, 6.07) is 12.2. The first kappa shape index (κ1) is 19.8. The van der Waals surface area contributed by atoms with Gasteiger partial charge in [-0.1, -0.05) is 18.2 Å². The van der Waals surface area contributed by atoms with Crippen LogP contribution in [0.1, 0.15) is 22.3 Å². The molecule has 2 aromatic rings. The van der Waals surface area contributed by atoms with Crippen molar-refractivity contribution in [2.45, 2.75) is 13.0 Å².